The highest BCUT2D eigenvalue weighted by atomic mass is 16.6. The van der Waals surface area contributed by atoms with Gasteiger partial charge in [0.25, 0.3) is 5.69 Å². The Balaban J connectivity index is 2.84. The van der Waals surface area contributed by atoms with Crippen molar-refractivity contribution in [1.29, 1.82) is 0 Å². The van der Waals surface area contributed by atoms with E-state index in [1.165, 1.54) is 18.2 Å². The molecule has 3 N–H and O–H groups in total. The summed E-state index contributed by atoms with van der Waals surface area (Å²) in [4.78, 5) is 33.8. The number of nitrogens with zero attached hydrogens (tertiary/aromatic N) is 1. The number of benzene rings is 1. The number of nitro groups is 1. The van der Waals surface area contributed by atoms with Crippen LogP contribution in [-0.4, -0.2) is 41.1 Å². The van der Waals surface area contributed by atoms with E-state index < -0.39 is 22.8 Å². The fourth-order valence-corrected chi connectivity index (χ4v) is 2.04. The quantitative estimate of drug-likeness (QED) is 0.433. The monoisotopic (exact) mass is 353 g/mol. The minimum absolute atomic E-state index is 0.00792. The van der Waals surface area contributed by atoms with Crippen LogP contribution in [0.4, 0.5) is 11.4 Å². The van der Waals surface area contributed by atoms with E-state index in [4.69, 9.17) is 4.74 Å². The zero-order valence-corrected chi connectivity index (χ0v) is 14.4. The molecule has 0 aliphatic rings. The van der Waals surface area contributed by atoms with Crippen molar-refractivity contribution >= 4 is 23.3 Å². The van der Waals surface area contributed by atoms with Crippen molar-refractivity contribution < 1.29 is 24.4 Å². The summed E-state index contributed by atoms with van der Waals surface area (Å²) in [6, 6.07) is 3.00. The van der Waals surface area contributed by atoms with Crippen molar-refractivity contribution in [3.8, 4) is 5.75 Å². The molecule has 1 rings (SSSR count). The number of ether oxygens (including phenoxy) is 1. The van der Waals surface area contributed by atoms with Crippen LogP contribution in [0.5, 0.6) is 5.75 Å². The number of aliphatic carboxylic acids is 1. The van der Waals surface area contributed by atoms with E-state index in [2.05, 4.69) is 10.6 Å². The normalized spacial score (nSPS) is 11.8. The molecule has 0 saturated carbocycles. The number of carbonyl (C=O) groups is 2. The maximum atomic E-state index is 12.1. The first-order valence-corrected chi connectivity index (χ1v) is 7.91. The zero-order chi connectivity index (χ0) is 19.0. The molecule has 0 bridgehead atoms. The van der Waals surface area contributed by atoms with Crippen molar-refractivity contribution in [1.82, 2.24) is 5.32 Å². The number of amides is 1. The van der Waals surface area contributed by atoms with Crippen LogP contribution >= 0.6 is 0 Å². The zero-order valence-electron chi connectivity index (χ0n) is 14.4. The van der Waals surface area contributed by atoms with Crippen LogP contribution in [-0.2, 0) is 9.59 Å². The Hall–Kier alpha value is -2.68. The Morgan fingerprint density at radius 1 is 1.36 bits per heavy atom. The summed E-state index contributed by atoms with van der Waals surface area (Å²) < 4.78 is 5.20. The van der Waals surface area contributed by atoms with Gasteiger partial charge in [0, 0.05) is 0 Å². The molecule has 0 aliphatic carbocycles. The maximum Gasteiger partial charge on any atom is 0.321 e. The number of carboxylic acids is 1. The number of hydrogen-bond donors (Lipinski definition) is 3. The van der Waals surface area contributed by atoms with E-state index in [-0.39, 0.29) is 23.7 Å². The molecule has 1 amide bonds. The van der Waals surface area contributed by atoms with Crippen LogP contribution in [0.25, 0.3) is 0 Å². The first kappa shape index (κ1) is 20.4. The summed E-state index contributed by atoms with van der Waals surface area (Å²) in [7, 11) is 0. The van der Waals surface area contributed by atoms with E-state index in [1.807, 2.05) is 13.8 Å². The maximum absolute atomic E-state index is 12.1. The molecule has 25 heavy (non-hydrogen) atoms. The van der Waals surface area contributed by atoms with E-state index in [0.29, 0.717) is 18.9 Å². The van der Waals surface area contributed by atoms with Gasteiger partial charge in [-0.3, -0.25) is 19.7 Å². The fourth-order valence-electron chi connectivity index (χ4n) is 2.04. The molecule has 9 heteroatoms. The number of hydrogen-bond acceptors (Lipinski definition) is 6. The van der Waals surface area contributed by atoms with Gasteiger partial charge in [0.15, 0.2) is 0 Å². The van der Waals surface area contributed by atoms with Crippen molar-refractivity contribution in [3.63, 3.8) is 0 Å². The number of carboxylic acid groups (broad SMARTS) is 1. The molecule has 0 saturated heterocycles. The molecule has 138 valence electrons. The highest BCUT2D eigenvalue weighted by molar-refractivity contribution is 5.95. The number of carbonyl (C=O) groups excluding carboxylic acids is 1. The van der Waals surface area contributed by atoms with Gasteiger partial charge in [-0.15, -0.1) is 0 Å². The Bertz CT molecular complexity index is 632. The van der Waals surface area contributed by atoms with Gasteiger partial charge in [0.2, 0.25) is 5.91 Å². The number of anilines is 1. The molecule has 0 aliphatic heterocycles. The second-order valence-electron chi connectivity index (χ2n) is 5.81. The average Bonchev–Trinajstić information content (AvgIpc) is 2.52. The Labute approximate surface area is 145 Å². The molecular formula is C16H23N3O6. The lowest BCUT2D eigenvalue weighted by Gasteiger charge is -2.16. The van der Waals surface area contributed by atoms with Crippen LogP contribution in [0.1, 0.15) is 27.2 Å². The van der Waals surface area contributed by atoms with Gasteiger partial charge in [-0.2, -0.15) is 0 Å². The van der Waals surface area contributed by atoms with Gasteiger partial charge in [0.05, 0.1) is 24.0 Å². The van der Waals surface area contributed by atoms with Crippen molar-refractivity contribution in [3.05, 3.63) is 28.3 Å². The van der Waals surface area contributed by atoms with Crippen LogP contribution in [0.15, 0.2) is 18.2 Å². The van der Waals surface area contributed by atoms with Crippen molar-refractivity contribution in [2.75, 3.05) is 18.5 Å². The van der Waals surface area contributed by atoms with Crippen LogP contribution in [0.3, 0.4) is 0 Å². The largest absolute Gasteiger partial charge is 0.494 e. The summed E-state index contributed by atoms with van der Waals surface area (Å²) in [5.74, 6) is -1.25. The summed E-state index contributed by atoms with van der Waals surface area (Å²) in [5.41, 5.74) is -0.326. The second-order valence-corrected chi connectivity index (χ2v) is 5.81. The highest BCUT2D eigenvalue weighted by Gasteiger charge is 2.23. The lowest BCUT2D eigenvalue weighted by molar-refractivity contribution is -0.384. The van der Waals surface area contributed by atoms with E-state index in [9.17, 15) is 24.8 Å². The molecule has 0 aromatic heterocycles. The predicted octanol–water partition coefficient (Wildman–Crippen LogP) is 2.02. The number of nitro benzene ring substituents is 1. The van der Waals surface area contributed by atoms with Gasteiger partial charge < -0.3 is 20.5 Å². The van der Waals surface area contributed by atoms with Crippen LogP contribution in [0, 0.1) is 16.0 Å². The SMILES string of the molecule is CCOc1ccc(NC(=O)CC(NCC(C)C)C(=O)O)c([N+](=O)[O-])c1. The van der Waals surface area contributed by atoms with Gasteiger partial charge in [-0.05, 0) is 31.5 Å². The molecular weight excluding hydrogens is 330 g/mol. The Kier molecular flexibility index (Phi) is 7.80. The fraction of sp³-hybridized carbons (Fsp3) is 0.500. The van der Waals surface area contributed by atoms with Gasteiger partial charge in [-0.1, -0.05) is 13.8 Å². The van der Waals surface area contributed by atoms with E-state index >= 15 is 0 Å². The molecule has 9 nitrogen and oxygen atoms in total. The third kappa shape index (κ3) is 6.76. The summed E-state index contributed by atoms with van der Waals surface area (Å²) >= 11 is 0. The predicted molar refractivity (Wildman–Crippen MR) is 91.8 cm³/mol. The molecule has 0 heterocycles. The molecule has 1 aromatic rings. The smallest absolute Gasteiger partial charge is 0.321 e. The third-order valence-electron chi connectivity index (χ3n) is 3.21. The van der Waals surface area contributed by atoms with Crippen molar-refractivity contribution in [2.45, 2.75) is 33.2 Å². The molecule has 1 aromatic carbocycles. The summed E-state index contributed by atoms with van der Waals surface area (Å²) in [6.07, 6.45) is -0.341. The molecule has 0 spiro atoms. The first-order valence-electron chi connectivity index (χ1n) is 7.91. The lowest BCUT2D eigenvalue weighted by atomic mass is 10.1. The highest BCUT2D eigenvalue weighted by Crippen LogP contribution is 2.29. The Morgan fingerprint density at radius 2 is 2.04 bits per heavy atom. The lowest BCUT2D eigenvalue weighted by Crippen LogP contribution is -2.41. The summed E-state index contributed by atoms with van der Waals surface area (Å²) in [6.45, 7) is 6.36. The molecule has 0 radical (unpaired) electrons. The van der Waals surface area contributed by atoms with Crippen LogP contribution < -0.4 is 15.4 Å². The first-order chi connectivity index (χ1) is 11.7. The molecule has 1 unspecified atom stereocenters. The van der Waals surface area contributed by atoms with Gasteiger partial charge >= 0.3 is 5.97 Å². The molecule has 1 atom stereocenters. The van der Waals surface area contributed by atoms with E-state index in [1.54, 1.807) is 6.92 Å². The number of nitrogens with one attached hydrogen (secondary N) is 2. The minimum Gasteiger partial charge on any atom is -0.494 e. The second kappa shape index (κ2) is 9.58. The standard InChI is InChI=1S/C16H23N3O6/c1-4-25-11-5-6-12(14(7-11)19(23)24)18-15(20)8-13(16(21)22)17-9-10(2)3/h5-7,10,13,17H,4,8-9H2,1-3H3,(H,18,20)(H,21,22). The summed E-state index contributed by atoms with van der Waals surface area (Å²) in [5, 5.41) is 25.5. The van der Waals surface area contributed by atoms with E-state index in [0.717, 1.165) is 0 Å². The minimum atomic E-state index is -1.16. The topological polar surface area (TPSA) is 131 Å². The van der Waals surface area contributed by atoms with Gasteiger partial charge in [-0.25, -0.2) is 0 Å². The number of rotatable bonds is 10. The third-order valence-corrected chi connectivity index (χ3v) is 3.21. The van der Waals surface area contributed by atoms with Crippen molar-refractivity contribution in [2.24, 2.45) is 5.92 Å². The molecule has 0 fully saturated rings. The average molecular weight is 353 g/mol. The van der Waals surface area contributed by atoms with Gasteiger partial charge in [0.1, 0.15) is 17.5 Å². The van der Waals surface area contributed by atoms with Crippen LogP contribution in [0.2, 0.25) is 0 Å². The Morgan fingerprint density at radius 3 is 2.56 bits per heavy atom.